The molecule has 1 unspecified atom stereocenters. The molecule has 118 valence electrons. The second-order valence-electron chi connectivity index (χ2n) is 6.24. The van der Waals surface area contributed by atoms with Crippen LogP contribution < -0.4 is 16.0 Å². The SMILES string of the molecule is Cc1ccc(CC(C)NC(=O)NCC(=O)NC(C)(C)C)s1. The van der Waals surface area contributed by atoms with Crippen LogP contribution in [0.3, 0.4) is 0 Å². The molecule has 3 N–H and O–H groups in total. The first kappa shape index (κ1) is 17.5. The molecule has 0 radical (unpaired) electrons. The van der Waals surface area contributed by atoms with Crippen molar-refractivity contribution < 1.29 is 9.59 Å². The van der Waals surface area contributed by atoms with Gasteiger partial charge in [0.2, 0.25) is 5.91 Å². The lowest BCUT2D eigenvalue weighted by Crippen LogP contribution is -2.49. The standard InChI is InChI=1S/C15H25N3O2S/c1-10(8-12-7-6-11(2)21-12)17-14(20)16-9-13(19)18-15(3,4)5/h6-7,10H,8-9H2,1-5H3,(H,18,19)(H2,16,17,20). The first-order valence-corrected chi connectivity index (χ1v) is 7.88. The van der Waals surface area contributed by atoms with Crippen molar-refractivity contribution in [3.63, 3.8) is 0 Å². The monoisotopic (exact) mass is 311 g/mol. The van der Waals surface area contributed by atoms with E-state index in [0.29, 0.717) is 0 Å². The highest BCUT2D eigenvalue weighted by molar-refractivity contribution is 7.11. The summed E-state index contributed by atoms with van der Waals surface area (Å²) in [4.78, 5) is 25.8. The lowest BCUT2D eigenvalue weighted by atomic mass is 10.1. The molecule has 5 nitrogen and oxygen atoms in total. The molecule has 1 heterocycles. The summed E-state index contributed by atoms with van der Waals surface area (Å²) in [7, 11) is 0. The maximum atomic E-state index is 11.7. The Morgan fingerprint density at radius 3 is 2.48 bits per heavy atom. The third kappa shape index (κ3) is 7.70. The van der Waals surface area contributed by atoms with E-state index >= 15 is 0 Å². The molecule has 0 bridgehead atoms. The minimum absolute atomic E-state index is 0.0199. The van der Waals surface area contributed by atoms with E-state index in [1.807, 2.05) is 27.7 Å². The largest absolute Gasteiger partial charge is 0.350 e. The van der Waals surface area contributed by atoms with Crippen molar-refractivity contribution >= 4 is 23.3 Å². The zero-order valence-electron chi connectivity index (χ0n) is 13.4. The predicted molar refractivity (Wildman–Crippen MR) is 86.7 cm³/mol. The van der Waals surface area contributed by atoms with E-state index in [0.717, 1.165) is 6.42 Å². The van der Waals surface area contributed by atoms with Crippen molar-refractivity contribution in [2.24, 2.45) is 0 Å². The minimum Gasteiger partial charge on any atom is -0.350 e. The quantitative estimate of drug-likeness (QED) is 0.780. The van der Waals surface area contributed by atoms with Gasteiger partial charge in [-0.1, -0.05) is 0 Å². The first-order valence-electron chi connectivity index (χ1n) is 7.06. The van der Waals surface area contributed by atoms with Gasteiger partial charge in [-0.05, 0) is 46.8 Å². The molecule has 3 amide bonds. The smallest absolute Gasteiger partial charge is 0.315 e. The van der Waals surface area contributed by atoms with Gasteiger partial charge in [0.1, 0.15) is 0 Å². The van der Waals surface area contributed by atoms with Crippen LogP contribution in [0.5, 0.6) is 0 Å². The first-order chi connectivity index (χ1) is 9.65. The Kier molecular flexibility index (Phi) is 6.20. The highest BCUT2D eigenvalue weighted by Gasteiger charge is 2.15. The van der Waals surface area contributed by atoms with E-state index in [1.54, 1.807) is 11.3 Å². The average Bonchev–Trinajstić information content (AvgIpc) is 2.69. The zero-order chi connectivity index (χ0) is 16.0. The zero-order valence-corrected chi connectivity index (χ0v) is 14.2. The fourth-order valence-corrected chi connectivity index (χ4v) is 2.86. The summed E-state index contributed by atoms with van der Waals surface area (Å²) >= 11 is 1.73. The molecule has 0 spiro atoms. The topological polar surface area (TPSA) is 70.2 Å². The minimum atomic E-state index is -0.320. The van der Waals surface area contributed by atoms with E-state index < -0.39 is 0 Å². The van der Waals surface area contributed by atoms with E-state index in [4.69, 9.17) is 0 Å². The Balaban J connectivity index is 2.28. The van der Waals surface area contributed by atoms with Gasteiger partial charge in [0, 0.05) is 27.8 Å². The average molecular weight is 311 g/mol. The van der Waals surface area contributed by atoms with Gasteiger partial charge in [0.15, 0.2) is 0 Å². The lowest BCUT2D eigenvalue weighted by Gasteiger charge is -2.21. The lowest BCUT2D eigenvalue weighted by molar-refractivity contribution is -0.121. The molecule has 1 rings (SSSR count). The van der Waals surface area contributed by atoms with Gasteiger partial charge in [-0.15, -0.1) is 11.3 Å². The van der Waals surface area contributed by atoms with Gasteiger partial charge < -0.3 is 16.0 Å². The Morgan fingerprint density at radius 1 is 1.29 bits per heavy atom. The Hall–Kier alpha value is -1.56. The van der Waals surface area contributed by atoms with Crippen LogP contribution in [-0.4, -0.2) is 30.1 Å². The number of nitrogens with one attached hydrogen (secondary N) is 3. The summed E-state index contributed by atoms with van der Waals surface area (Å²) in [6.45, 7) is 9.69. The molecule has 1 atom stereocenters. The number of rotatable bonds is 5. The Bertz CT molecular complexity index is 491. The van der Waals surface area contributed by atoms with Crippen LogP contribution in [0.2, 0.25) is 0 Å². The molecule has 0 fully saturated rings. The molecule has 1 aromatic heterocycles. The highest BCUT2D eigenvalue weighted by atomic mass is 32.1. The molecule has 0 aromatic carbocycles. The summed E-state index contributed by atoms with van der Waals surface area (Å²) in [6.07, 6.45) is 0.792. The van der Waals surface area contributed by atoms with Gasteiger partial charge in [0.25, 0.3) is 0 Å². The second-order valence-corrected chi connectivity index (χ2v) is 7.62. The van der Waals surface area contributed by atoms with Crippen LogP contribution in [-0.2, 0) is 11.2 Å². The summed E-state index contributed by atoms with van der Waals surface area (Å²) in [5.41, 5.74) is -0.292. The fourth-order valence-electron chi connectivity index (χ4n) is 1.85. The van der Waals surface area contributed by atoms with Gasteiger partial charge >= 0.3 is 6.03 Å². The number of thiophene rings is 1. The van der Waals surface area contributed by atoms with E-state index in [9.17, 15) is 9.59 Å². The maximum absolute atomic E-state index is 11.7. The number of hydrogen-bond donors (Lipinski definition) is 3. The van der Waals surface area contributed by atoms with E-state index in [-0.39, 0.29) is 30.1 Å². The highest BCUT2D eigenvalue weighted by Crippen LogP contribution is 2.16. The molecule has 0 aliphatic carbocycles. The normalized spacial score (nSPS) is 12.6. The summed E-state index contributed by atoms with van der Waals surface area (Å²) < 4.78 is 0. The Labute approximate surface area is 130 Å². The van der Waals surface area contributed by atoms with Gasteiger partial charge in [-0.2, -0.15) is 0 Å². The Morgan fingerprint density at radius 2 is 1.95 bits per heavy atom. The van der Waals surface area contributed by atoms with Gasteiger partial charge in [-0.25, -0.2) is 4.79 Å². The summed E-state index contributed by atoms with van der Waals surface area (Å²) in [5.74, 6) is -0.195. The molecule has 21 heavy (non-hydrogen) atoms. The van der Waals surface area contributed by atoms with Crippen LogP contribution in [0.4, 0.5) is 4.79 Å². The fraction of sp³-hybridized carbons (Fsp3) is 0.600. The van der Waals surface area contributed by atoms with E-state index in [2.05, 4.69) is 35.0 Å². The third-order valence-corrected chi connectivity index (χ3v) is 3.63. The molecule has 0 aliphatic heterocycles. The molecule has 0 aliphatic rings. The third-order valence-electron chi connectivity index (χ3n) is 2.60. The van der Waals surface area contributed by atoms with Gasteiger partial charge in [-0.3, -0.25) is 4.79 Å². The van der Waals surface area contributed by atoms with Crippen molar-refractivity contribution in [1.82, 2.24) is 16.0 Å². The molecule has 6 heteroatoms. The van der Waals surface area contributed by atoms with Crippen molar-refractivity contribution in [3.8, 4) is 0 Å². The van der Waals surface area contributed by atoms with Crippen LogP contribution in [0.25, 0.3) is 0 Å². The van der Waals surface area contributed by atoms with E-state index in [1.165, 1.54) is 9.75 Å². The maximum Gasteiger partial charge on any atom is 0.315 e. The number of amides is 3. The van der Waals surface area contributed by atoms with Crippen molar-refractivity contribution in [1.29, 1.82) is 0 Å². The van der Waals surface area contributed by atoms with Crippen LogP contribution in [0, 0.1) is 6.92 Å². The number of aryl methyl sites for hydroxylation is 1. The molecule has 0 saturated carbocycles. The van der Waals surface area contributed by atoms with Crippen LogP contribution in [0.15, 0.2) is 12.1 Å². The number of carbonyl (C=O) groups excluding carboxylic acids is 2. The predicted octanol–water partition coefficient (Wildman–Crippen LogP) is 2.20. The number of urea groups is 1. The van der Waals surface area contributed by atoms with Crippen LogP contribution in [0.1, 0.15) is 37.4 Å². The van der Waals surface area contributed by atoms with Crippen LogP contribution >= 0.6 is 11.3 Å². The second kappa shape index (κ2) is 7.45. The number of carbonyl (C=O) groups is 2. The summed E-state index contributed by atoms with van der Waals surface area (Å²) in [6, 6.07) is 3.85. The van der Waals surface area contributed by atoms with Crippen molar-refractivity contribution in [2.45, 2.75) is 52.6 Å². The molecular formula is C15H25N3O2S. The van der Waals surface area contributed by atoms with Crippen molar-refractivity contribution in [3.05, 3.63) is 21.9 Å². The molecule has 0 saturated heterocycles. The molecular weight excluding hydrogens is 286 g/mol. The number of hydrogen-bond acceptors (Lipinski definition) is 3. The molecule has 1 aromatic rings. The summed E-state index contributed by atoms with van der Waals surface area (Å²) in [5, 5.41) is 8.19. The van der Waals surface area contributed by atoms with Crippen molar-refractivity contribution in [2.75, 3.05) is 6.54 Å². The van der Waals surface area contributed by atoms with Gasteiger partial charge in [0.05, 0.1) is 6.54 Å².